The third kappa shape index (κ3) is 11.8. The molecule has 0 aliphatic heterocycles. The van der Waals surface area contributed by atoms with Crippen LogP contribution in [0.25, 0.3) is 0 Å². The zero-order valence-corrected chi connectivity index (χ0v) is 29.3. The van der Waals surface area contributed by atoms with Gasteiger partial charge in [0.2, 0.25) is 5.91 Å². The molecule has 2 aromatic carbocycles. The summed E-state index contributed by atoms with van der Waals surface area (Å²) in [5, 5.41) is 6.03. The van der Waals surface area contributed by atoms with E-state index in [0.29, 0.717) is 18.7 Å². The SMILES string of the molecule is CCCCCCCCN(C(=O)C(CCSC)NC(=O)OC(C)(C)C)C(C(=O)Nc1c(C)cccc1C)c1cc(C)ccc1C. The van der Waals surface area contributed by atoms with Crippen LogP contribution < -0.4 is 10.6 Å². The number of carbonyl (C=O) groups is 3. The van der Waals surface area contributed by atoms with Crippen molar-refractivity contribution in [3.63, 3.8) is 0 Å². The molecule has 0 bridgehead atoms. The van der Waals surface area contributed by atoms with Gasteiger partial charge >= 0.3 is 6.09 Å². The molecule has 3 amide bonds. The average Bonchev–Trinajstić information content (AvgIpc) is 2.94. The highest BCUT2D eigenvalue weighted by Gasteiger charge is 2.37. The summed E-state index contributed by atoms with van der Waals surface area (Å²) < 4.78 is 5.54. The second-order valence-electron chi connectivity index (χ2n) is 12.8. The first-order valence-corrected chi connectivity index (χ1v) is 17.4. The maximum Gasteiger partial charge on any atom is 0.408 e. The van der Waals surface area contributed by atoms with Crippen LogP contribution >= 0.6 is 11.8 Å². The average molecular weight is 626 g/mol. The molecular formula is C36H55N3O4S. The maximum atomic E-state index is 14.6. The lowest BCUT2D eigenvalue weighted by Crippen LogP contribution is -2.53. The van der Waals surface area contributed by atoms with Crippen molar-refractivity contribution in [2.45, 2.75) is 118 Å². The van der Waals surface area contributed by atoms with E-state index in [1.165, 1.54) is 6.42 Å². The Balaban J connectivity index is 2.60. The van der Waals surface area contributed by atoms with E-state index in [-0.39, 0.29) is 11.8 Å². The molecule has 2 atom stereocenters. The molecule has 0 aliphatic carbocycles. The molecule has 2 rings (SSSR count). The molecule has 0 radical (unpaired) electrons. The number of aryl methyl sites for hydroxylation is 4. The van der Waals surface area contributed by atoms with Crippen LogP contribution in [-0.4, -0.2) is 53.0 Å². The maximum absolute atomic E-state index is 14.6. The van der Waals surface area contributed by atoms with E-state index < -0.39 is 23.8 Å². The van der Waals surface area contributed by atoms with E-state index in [2.05, 4.69) is 17.6 Å². The predicted molar refractivity (Wildman–Crippen MR) is 184 cm³/mol. The summed E-state index contributed by atoms with van der Waals surface area (Å²) >= 11 is 1.61. The lowest BCUT2D eigenvalue weighted by atomic mass is 9.95. The third-order valence-electron chi connectivity index (χ3n) is 7.65. The van der Waals surface area contributed by atoms with Crippen LogP contribution in [0.5, 0.6) is 0 Å². The third-order valence-corrected chi connectivity index (χ3v) is 8.30. The fourth-order valence-corrected chi connectivity index (χ4v) is 5.75. The lowest BCUT2D eigenvalue weighted by Gasteiger charge is -2.35. The highest BCUT2D eigenvalue weighted by molar-refractivity contribution is 7.98. The van der Waals surface area contributed by atoms with Crippen molar-refractivity contribution in [2.75, 3.05) is 23.9 Å². The van der Waals surface area contributed by atoms with Gasteiger partial charge in [-0.05, 0) is 95.6 Å². The van der Waals surface area contributed by atoms with Crippen molar-refractivity contribution in [2.24, 2.45) is 0 Å². The van der Waals surface area contributed by atoms with Crippen LogP contribution in [0.1, 0.15) is 106 Å². The molecule has 0 saturated heterocycles. The molecular weight excluding hydrogens is 570 g/mol. The van der Waals surface area contributed by atoms with Gasteiger partial charge in [0.25, 0.3) is 5.91 Å². The fraction of sp³-hybridized carbons (Fsp3) is 0.583. The number of anilines is 1. The molecule has 0 aromatic heterocycles. The number of unbranched alkanes of at least 4 members (excludes halogenated alkanes) is 5. The molecule has 44 heavy (non-hydrogen) atoms. The summed E-state index contributed by atoms with van der Waals surface area (Å²) in [4.78, 5) is 43.6. The summed E-state index contributed by atoms with van der Waals surface area (Å²) in [5.41, 5.74) is 4.68. The molecule has 0 heterocycles. The first-order chi connectivity index (χ1) is 20.8. The molecule has 244 valence electrons. The molecule has 2 unspecified atom stereocenters. The second kappa shape index (κ2) is 18.1. The van der Waals surface area contributed by atoms with Gasteiger partial charge in [0, 0.05) is 12.2 Å². The van der Waals surface area contributed by atoms with E-state index in [4.69, 9.17) is 4.74 Å². The lowest BCUT2D eigenvalue weighted by molar-refractivity contribution is -0.141. The van der Waals surface area contributed by atoms with E-state index in [0.717, 1.165) is 65.6 Å². The Morgan fingerprint density at radius 3 is 2.16 bits per heavy atom. The number of alkyl carbamates (subject to hydrolysis) is 1. The van der Waals surface area contributed by atoms with Crippen LogP contribution in [0.3, 0.4) is 0 Å². The number of benzene rings is 2. The quantitative estimate of drug-likeness (QED) is 0.183. The van der Waals surface area contributed by atoms with E-state index in [1.54, 1.807) is 37.4 Å². The van der Waals surface area contributed by atoms with Gasteiger partial charge in [-0.3, -0.25) is 9.59 Å². The van der Waals surface area contributed by atoms with Gasteiger partial charge in [-0.1, -0.05) is 81.0 Å². The fourth-order valence-electron chi connectivity index (χ4n) is 5.28. The summed E-state index contributed by atoms with van der Waals surface area (Å²) in [6.45, 7) is 15.9. The van der Waals surface area contributed by atoms with Crippen LogP contribution in [-0.2, 0) is 14.3 Å². The van der Waals surface area contributed by atoms with Crippen molar-refractivity contribution in [1.29, 1.82) is 0 Å². The Hall–Kier alpha value is -3.00. The van der Waals surface area contributed by atoms with Crippen molar-refractivity contribution in [3.05, 3.63) is 64.2 Å². The number of nitrogens with zero attached hydrogens (tertiary/aromatic N) is 1. The van der Waals surface area contributed by atoms with Crippen molar-refractivity contribution in [3.8, 4) is 0 Å². The molecule has 2 aromatic rings. The largest absolute Gasteiger partial charge is 0.444 e. The smallest absolute Gasteiger partial charge is 0.408 e. The van der Waals surface area contributed by atoms with Crippen LogP contribution in [0.15, 0.2) is 36.4 Å². The molecule has 0 aliphatic rings. The van der Waals surface area contributed by atoms with E-state index in [9.17, 15) is 14.4 Å². The topological polar surface area (TPSA) is 87.7 Å². The number of carbonyl (C=O) groups excluding carboxylic acids is 3. The van der Waals surface area contributed by atoms with E-state index in [1.807, 2.05) is 70.3 Å². The van der Waals surface area contributed by atoms with Gasteiger partial charge < -0.3 is 20.3 Å². The number of ether oxygens (including phenoxy) is 1. The van der Waals surface area contributed by atoms with Crippen LogP contribution in [0, 0.1) is 27.7 Å². The van der Waals surface area contributed by atoms with Gasteiger partial charge in [0.05, 0.1) is 0 Å². The minimum atomic E-state index is -0.880. The van der Waals surface area contributed by atoms with Gasteiger partial charge in [0.1, 0.15) is 17.7 Å². The molecule has 7 nitrogen and oxygen atoms in total. The number of hydrogen-bond acceptors (Lipinski definition) is 5. The zero-order chi connectivity index (χ0) is 32.9. The number of amides is 3. The number of hydrogen-bond donors (Lipinski definition) is 2. The Morgan fingerprint density at radius 1 is 0.909 bits per heavy atom. The van der Waals surface area contributed by atoms with Gasteiger partial charge in [-0.15, -0.1) is 0 Å². The Labute approximate surface area is 270 Å². The number of rotatable bonds is 16. The monoisotopic (exact) mass is 625 g/mol. The van der Waals surface area contributed by atoms with E-state index >= 15 is 0 Å². The highest BCUT2D eigenvalue weighted by atomic mass is 32.2. The minimum Gasteiger partial charge on any atom is -0.444 e. The molecule has 0 saturated carbocycles. The second-order valence-corrected chi connectivity index (χ2v) is 13.8. The number of para-hydroxylation sites is 1. The van der Waals surface area contributed by atoms with Crippen LogP contribution in [0.2, 0.25) is 0 Å². The van der Waals surface area contributed by atoms with Crippen molar-refractivity contribution < 1.29 is 19.1 Å². The zero-order valence-electron chi connectivity index (χ0n) is 28.5. The number of thioether (sulfide) groups is 1. The summed E-state index contributed by atoms with van der Waals surface area (Å²) in [7, 11) is 0. The summed E-state index contributed by atoms with van der Waals surface area (Å²) in [6.07, 6.45) is 8.03. The Morgan fingerprint density at radius 2 is 1.55 bits per heavy atom. The number of nitrogens with one attached hydrogen (secondary N) is 2. The Kier molecular flexibility index (Phi) is 15.3. The van der Waals surface area contributed by atoms with Gasteiger partial charge in [0.15, 0.2) is 0 Å². The minimum absolute atomic E-state index is 0.267. The predicted octanol–water partition coefficient (Wildman–Crippen LogP) is 8.44. The van der Waals surface area contributed by atoms with Crippen LogP contribution in [0.4, 0.5) is 10.5 Å². The first kappa shape index (κ1) is 37.2. The van der Waals surface area contributed by atoms with Crippen molar-refractivity contribution in [1.82, 2.24) is 10.2 Å². The van der Waals surface area contributed by atoms with Crippen molar-refractivity contribution >= 4 is 35.4 Å². The molecule has 2 N–H and O–H groups in total. The molecule has 0 fully saturated rings. The molecule has 0 spiro atoms. The normalized spacial score (nSPS) is 12.8. The first-order valence-electron chi connectivity index (χ1n) is 16.0. The standard InChI is InChI=1S/C36H55N3O4S/c1-10-11-12-13-14-15-22-39(34(41)30(21-23-44-9)37-35(42)43-36(6,7)8)32(29-24-25(2)19-20-26(29)3)33(40)38-31-27(4)17-16-18-28(31)5/h16-20,24,30,32H,10-15,21-23H2,1-9H3,(H,37,42)(H,38,40). The molecule has 8 heteroatoms. The summed E-state index contributed by atoms with van der Waals surface area (Å²) in [6, 6.07) is 10.2. The van der Waals surface area contributed by atoms with Gasteiger partial charge in [-0.2, -0.15) is 11.8 Å². The Bertz CT molecular complexity index is 1220. The highest BCUT2D eigenvalue weighted by Crippen LogP contribution is 2.30. The van der Waals surface area contributed by atoms with Gasteiger partial charge in [-0.25, -0.2) is 4.79 Å². The summed E-state index contributed by atoms with van der Waals surface area (Å²) in [5.74, 6) is 0.122.